The molecule has 0 bridgehead atoms. The fraction of sp³-hybridized carbons (Fsp3) is 0.167. The average Bonchev–Trinajstić information content (AvgIpc) is 3.15. The smallest absolute Gasteiger partial charge is 0.315 e. The lowest BCUT2D eigenvalue weighted by Crippen LogP contribution is -2.36. The van der Waals surface area contributed by atoms with Gasteiger partial charge in [-0.1, -0.05) is 29.8 Å². The molecule has 25 heavy (non-hydrogen) atoms. The zero-order chi connectivity index (χ0) is 17.6. The third-order valence-corrected chi connectivity index (χ3v) is 4.00. The number of amides is 2. The highest BCUT2D eigenvalue weighted by Crippen LogP contribution is 2.15. The van der Waals surface area contributed by atoms with Gasteiger partial charge in [-0.05, 0) is 36.2 Å². The van der Waals surface area contributed by atoms with Gasteiger partial charge in [-0.25, -0.2) is 14.8 Å². The van der Waals surface area contributed by atoms with Crippen molar-refractivity contribution >= 4 is 17.6 Å². The van der Waals surface area contributed by atoms with Crippen molar-refractivity contribution in [3.05, 3.63) is 77.5 Å². The van der Waals surface area contributed by atoms with Crippen molar-refractivity contribution in [3.8, 4) is 5.82 Å². The molecule has 0 unspecified atom stereocenters. The molecule has 1 atom stereocenters. The molecule has 128 valence electrons. The van der Waals surface area contributed by atoms with Gasteiger partial charge < -0.3 is 10.6 Å². The van der Waals surface area contributed by atoms with E-state index in [2.05, 4.69) is 20.6 Å². The Morgan fingerprint density at radius 3 is 2.68 bits per heavy atom. The Balaban J connectivity index is 1.51. The number of hydrogen-bond acceptors (Lipinski definition) is 3. The first kappa shape index (κ1) is 17.0. The quantitative estimate of drug-likeness (QED) is 0.736. The van der Waals surface area contributed by atoms with Gasteiger partial charge in [0, 0.05) is 30.2 Å². The van der Waals surface area contributed by atoms with Crippen LogP contribution in [0.15, 0.2) is 61.3 Å². The zero-order valence-electron chi connectivity index (χ0n) is 13.7. The van der Waals surface area contributed by atoms with E-state index in [4.69, 9.17) is 11.6 Å². The Morgan fingerprint density at radius 1 is 1.24 bits per heavy atom. The molecule has 2 aromatic heterocycles. The van der Waals surface area contributed by atoms with Crippen LogP contribution >= 0.6 is 11.6 Å². The fourth-order valence-corrected chi connectivity index (χ4v) is 2.46. The maximum absolute atomic E-state index is 12.0. The van der Waals surface area contributed by atoms with E-state index >= 15 is 0 Å². The highest BCUT2D eigenvalue weighted by Gasteiger charge is 2.09. The molecule has 2 amide bonds. The summed E-state index contributed by atoms with van der Waals surface area (Å²) in [7, 11) is 0. The highest BCUT2D eigenvalue weighted by atomic mass is 35.5. The fourth-order valence-electron chi connectivity index (χ4n) is 2.33. The minimum atomic E-state index is -0.235. The van der Waals surface area contributed by atoms with Gasteiger partial charge in [-0.3, -0.25) is 4.57 Å². The largest absolute Gasteiger partial charge is 0.334 e. The number of urea groups is 1. The van der Waals surface area contributed by atoms with Crippen molar-refractivity contribution in [2.45, 2.75) is 19.5 Å². The molecular weight excluding hydrogens is 338 g/mol. The third kappa shape index (κ3) is 4.58. The molecule has 0 aliphatic carbocycles. The van der Waals surface area contributed by atoms with Crippen LogP contribution in [0, 0.1) is 0 Å². The van der Waals surface area contributed by atoms with Crippen molar-refractivity contribution in [1.82, 2.24) is 25.2 Å². The summed E-state index contributed by atoms with van der Waals surface area (Å²) in [5.74, 6) is 0.780. The number of nitrogens with zero attached hydrogens (tertiary/aromatic N) is 3. The van der Waals surface area contributed by atoms with E-state index in [1.165, 1.54) is 0 Å². The van der Waals surface area contributed by atoms with Crippen molar-refractivity contribution in [3.63, 3.8) is 0 Å². The van der Waals surface area contributed by atoms with Crippen LogP contribution in [-0.4, -0.2) is 20.6 Å². The van der Waals surface area contributed by atoms with Crippen LogP contribution in [0.25, 0.3) is 5.82 Å². The molecular formula is C18H18ClN5O. The lowest BCUT2D eigenvalue weighted by atomic mass is 10.1. The maximum atomic E-state index is 12.0. The minimum absolute atomic E-state index is 0.112. The van der Waals surface area contributed by atoms with Crippen molar-refractivity contribution in [1.29, 1.82) is 0 Å². The first-order valence-electron chi connectivity index (χ1n) is 7.85. The monoisotopic (exact) mass is 355 g/mol. The van der Waals surface area contributed by atoms with E-state index in [9.17, 15) is 4.79 Å². The molecule has 0 spiro atoms. The highest BCUT2D eigenvalue weighted by molar-refractivity contribution is 6.30. The molecule has 2 heterocycles. The maximum Gasteiger partial charge on any atom is 0.315 e. The van der Waals surface area contributed by atoms with Gasteiger partial charge in [-0.15, -0.1) is 0 Å². The summed E-state index contributed by atoms with van der Waals surface area (Å²) >= 11 is 5.87. The number of rotatable bonds is 5. The molecule has 2 N–H and O–H groups in total. The minimum Gasteiger partial charge on any atom is -0.334 e. The first-order chi connectivity index (χ1) is 12.1. The summed E-state index contributed by atoms with van der Waals surface area (Å²) in [5.41, 5.74) is 1.91. The van der Waals surface area contributed by atoms with Crippen molar-refractivity contribution in [2.75, 3.05) is 0 Å². The number of benzene rings is 1. The molecule has 0 radical (unpaired) electrons. The molecule has 6 nitrogen and oxygen atoms in total. The van der Waals surface area contributed by atoms with Crippen LogP contribution in [0.3, 0.4) is 0 Å². The number of imidazole rings is 1. The molecule has 7 heteroatoms. The second-order valence-electron chi connectivity index (χ2n) is 5.59. The normalized spacial score (nSPS) is 11.8. The van der Waals surface area contributed by atoms with E-state index in [0.29, 0.717) is 11.6 Å². The SMILES string of the molecule is C[C@@H](NC(=O)NCc1ccc(-n2ccnc2)nc1)c1ccc(Cl)cc1. The second-order valence-corrected chi connectivity index (χ2v) is 6.03. The molecule has 0 aliphatic heterocycles. The van der Waals surface area contributed by atoms with Crippen LogP contribution in [0.2, 0.25) is 5.02 Å². The van der Waals surface area contributed by atoms with Crippen molar-refractivity contribution < 1.29 is 4.79 Å². The second kappa shape index (κ2) is 7.81. The van der Waals surface area contributed by atoms with E-state index in [1.54, 1.807) is 30.9 Å². The Labute approximate surface area is 150 Å². The third-order valence-electron chi connectivity index (χ3n) is 3.75. The predicted octanol–water partition coefficient (Wildman–Crippen LogP) is 3.48. The topological polar surface area (TPSA) is 71.8 Å². The summed E-state index contributed by atoms with van der Waals surface area (Å²) in [6.07, 6.45) is 6.94. The molecule has 3 aromatic rings. The van der Waals surface area contributed by atoms with Crippen LogP contribution in [0.4, 0.5) is 4.79 Å². The Morgan fingerprint density at radius 2 is 2.04 bits per heavy atom. The summed E-state index contributed by atoms with van der Waals surface area (Å²) < 4.78 is 1.82. The summed E-state index contributed by atoms with van der Waals surface area (Å²) in [6.45, 7) is 2.32. The van der Waals surface area contributed by atoms with Gasteiger partial charge in [-0.2, -0.15) is 0 Å². The number of halogens is 1. The van der Waals surface area contributed by atoms with Crippen LogP contribution in [0.5, 0.6) is 0 Å². The van der Waals surface area contributed by atoms with Gasteiger partial charge in [0.15, 0.2) is 0 Å². The molecule has 0 saturated carbocycles. The number of nitrogens with one attached hydrogen (secondary N) is 2. The van der Waals surface area contributed by atoms with E-state index < -0.39 is 0 Å². The lowest BCUT2D eigenvalue weighted by Gasteiger charge is -2.15. The van der Waals surface area contributed by atoms with Gasteiger partial charge in [0.1, 0.15) is 12.1 Å². The van der Waals surface area contributed by atoms with Gasteiger partial charge >= 0.3 is 6.03 Å². The number of carbonyl (C=O) groups excluding carboxylic acids is 1. The molecule has 0 fully saturated rings. The lowest BCUT2D eigenvalue weighted by molar-refractivity contribution is 0.237. The van der Waals surface area contributed by atoms with Crippen LogP contribution < -0.4 is 10.6 Å². The number of hydrogen-bond donors (Lipinski definition) is 2. The summed E-state index contributed by atoms with van der Waals surface area (Å²) in [5, 5.41) is 6.40. The Bertz CT molecular complexity index is 816. The van der Waals surface area contributed by atoms with Crippen LogP contribution in [0.1, 0.15) is 24.1 Å². The molecule has 1 aromatic carbocycles. The van der Waals surface area contributed by atoms with Crippen LogP contribution in [-0.2, 0) is 6.54 Å². The number of pyridine rings is 1. The first-order valence-corrected chi connectivity index (χ1v) is 8.23. The molecule has 0 aliphatic rings. The zero-order valence-corrected chi connectivity index (χ0v) is 14.4. The van der Waals surface area contributed by atoms with E-state index in [0.717, 1.165) is 16.9 Å². The standard InChI is InChI=1S/C18H18ClN5O/c1-13(15-3-5-16(19)6-4-15)23-18(25)22-11-14-2-7-17(21-10-14)24-9-8-20-12-24/h2-10,12-13H,11H2,1H3,(H2,22,23,25)/t13-/m1/s1. The predicted molar refractivity (Wildman–Crippen MR) is 96.6 cm³/mol. The number of aromatic nitrogens is 3. The summed E-state index contributed by atoms with van der Waals surface area (Å²) in [6, 6.07) is 10.9. The molecule has 3 rings (SSSR count). The van der Waals surface area contributed by atoms with Gasteiger partial charge in [0.2, 0.25) is 0 Å². The molecule has 0 saturated heterocycles. The van der Waals surface area contributed by atoms with E-state index in [1.807, 2.05) is 42.0 Å². The Hall–Kier alpha value is -2.86. The number of carbonyl (C=O) groups is 1. The summed E-state index contributed by atoms with van der Waals surface area (Å²) in [4.78, 5) is 20.4. The Kier molecular flexibility index (Phi) is 5.30. The average molecular weight is 356 g/mol. The van der Waals surface area contributed by atoms with E-state index in [-0.39, 0.29) is 12.1 Å². The van der Waals surface area contributed by atoms with Gasteiger partial charge in [0.05, 0.1) is 6.04 Å². The van der Waals surface area contributed by atoms with Gasteiger partial charge in [0.25, 0.3) is 0 Å². The van der Waals surface area contributed by atoms with Crippen molar-refractivity contribution in [2.24, 2.45) is 0 Å².